The molecule has 12 aromatic rings. The molecule has 0 saturated heterocycles. The molecule has 1 nitrogen and oxygen atoms in total. The molecule has 1 heteroatoms. The van der Waals surface area contributed by atoms with Crippen LogP contribution in [0.2, 0.25) is 0 Å². The Balaban J connectivity index is 0.779. The van der Waals surface area contributed by atoms with Crippen LogP contribution in [0.5, 0.6) is 0 Å². The molecule has 0 heterocycles. The zero-order chi connectivity index (χ0) is 53.1. The Morgan fingerprint density at radius 1 is 0.278 bits per heavy atom. The van der Waals surface area contributed by atoms with E-state index in [2.05, 4.69) is 322 Å². The van der Waals surface area contributed by atoms with Crippen LogP contribution >= 0.6 is 0 Å². The highest BCUT2D eigenvalue weighted by molar-refractivity contribution is 5.87. The fraction of sp³-hybridized carbons (Fsp3) is 0.0769. The zero-order valence-corrected chi connectivity index (χ0v) is 44.8. The second-order valence-electron chi connectivity index (χ2n) is 21.6. The first-order valence-electron chi connectivity index (χ1n) is 27.8. The monoisotopic (exact) mass is 1010 g/mol. The Hall–Kier alpha value is -9.56. The van der Waals surface area contributed by atoms with E-state index in [9.17, 15) is 0 Å². The van der Waals surface area contributed by atoms with E-state index < -0.39 is 0 Å². The SMILES string of the molecule is CC1(C)c2cc(CCC(c3ccccc3)c3ccc(-c4ccc(-c5ccccc5)cc4)cc3)ccc2-c2ccc(N(c3ccc(-c4ccc(-c5ccccc5)cc4)cc3)c3ccc(-c4ccc(-c5ccccc5)cc4)cc3)cc21. The van der Waals surface area contributed by atoms with Gasteiger partial charge >= 0.3 is 0 Å². The van der Waals surface area contributed by atoms with E-state index >= 15 is 0 Å². The second kappa shape index (κ2) is 21.5. The van der Waals surface area contributed by atoms with Gasteiger partial charge in [-0.25, -0.2) is 0 Å². The highest BCUT2D eigenvalue weighted by Crippen LogP contribution is 2.51. The van der Waals surface area contributed by atoms with E-state index in [1.165, 1.54) is 106 Å². The molecule has 0 spiro atoms. The van der Waals surface area contributed by atoms with Crippen LogP contribution in [0, 0.1) is 0 Å². The summed E-state index contributed by atoms with van der Waals surface area (Å²) in [6.07, 6.45) is 1.98. The van der Waals surface area contributed by atoms with Crippen molar-refractivity contribution in [3.05, 3.63) is 331 Å². The van der Waals surface area contributed by atoms with Gasteiger partial charge in [-0.15, -0.1) is 0 Å². The number of fused-ring (bicyclic) bond motifs is 3. The standard InChI is InChI=1S/C78H61N/c1-78(2)76-53-55(23-50-73(68-21-13-6-14-22-68)69-39-37-65(38-40-69)62-31-25-59(26-32-62)56-15-7-3-8-16-56)24-51-74(76)75-52-49-72(54-77(75)78)79(70-45-41-66(42-46-70)63-33-27-60(28-34-63)57-17-9-4-10-18-57)71-47-43-67(44-48-71)64-35-29-61(30-36-64)58-19-11-5-12-20-58/h3-22,24-49,51-54,73H,23,50H2,1-2H3. The highest BCUT2D eigenvalue weighted by Gasteiger charge is 2.36. The smallest absolute Gasteiger partial charge is 0.0465 e. The molecule has 0 bridgehead atoms. The fourth-order valence-corrected chi connectivity index (χ4v) is 12.0. The van der Waals surface area contributed by atoms with E-state index in [-0.39, 0.29) is 11.3 Å². The molecule has 0 amide bonds. The predicted molar refractivity (Wildman–Crippen MR) is 334 cm³/mol. The Morgan fingerprint density at radius 2 is 0.570 bits per heavy atom. The minimum Gasteiger partial charge on any atom is -0.310 e. The van der Waals surface area contributed by atoms with Crippen molar-refractivity contribution in [2.24, 2.45) is 0 Å². The van der Waals surface area contributed by atoms with Gasteiger partial charge in [0.25, 0.3) is 0 Å². The molecule has 0 N–H and O–H groups in total. The summed E-state index contributed by atoms with van der Waals surface area (Å²) in [5, 5.41) is 0. The second-order valence-corrected chi connectivity index (χ2v) is 21.6. The summed E-state index contributed by atoms with van der Waals surface area (Å²) < 4.78 is 0. The van der Waals surface area contributed by atoms with Crippen LogP contribution in [0.3, 0.4) is 0 Å². The summed E-state index contributed by atoms with van der Waals surface area (Å²) in [6, 6.07) is 112. The van der Waals surface area contributed by atoms with E-state index in [4.69, 9.17) is 0 Å². The van der Waals surface area contributed by atoms with Crippen molar-refractivity contribution in [3.63, 3.8) is 0 Å². The number of aryl methyl sites for hydroxylation is 1. The lowest BCUT2D eigenvalue weighted by Crippen LogP contribution is -2.17. The lowest BCUT2D eigenvalue weighted by molar-refractivity contribution is 0.657. The quantitative estimate of drug-likeness (QED) is 0.105. The van der Waals surface area contributed by atoms with Crippen molar-refractivity contribution in [1.82, 2.24) is 0 Å². The molecule has 1 atom stereocenters. The lowest BCUT2D eigenvalue weighted by Gasteiger charge is -2.28. The Bertz CT molecular complexity index is 3870. The molecule has 378 valence electrons. The molecule has 0 fully saturated rings. The minimum absolute atomic E-state index is 0.206. The molecule has 13 rings (SSSR count). The van der Waals surface area contributed by atoms with Gasteiger partial charge in [-0.05, 0) is 155 Å². The van der Waals surface area contributed by atoms with Crippen LogP contribution in [-0.2, 0) is 11.8 Å². The summed E-state index contributed by atoms with van der Waals surface area (Å²) in [7, 11) is 0. The van der Waals surface area contributed by atoms with E-state index in [1.807, 2.05) is 0 Å². The fourth-order valence-electron chi connectivity index (χ4n) is 12.0. The third-order valence-electron chi connectivity index (χ3n) is 16.4. The molecule has 1 unspecified atom stereocenters. The van der Waals surface area contributed by atoms with E-state index in [0.717, 1.165) is 29.9 Å². The summed E-state index contributed by atoms with van der Waals surface area (Å²) in [6.45, 7) is 4.82. The molecule has 1 aliphatic carbocycles. The van der Waals surface area contributed by atoms with Gasteiger partial charge in [0.1, 0.15) is 0 Å². The third kappa shape index (κ3) is 10.0. The molecule has 1 aliphatic rings. The Labute approximate surface area is 466 Å². The van der Waals surface area contributed by atoms with Crippen molar-refractivity contribution in [2.75, 3.05) is 4.90 Å². The summed E-state index contributed by atoms with van der Waals surface area (Å²) in [5.41, 5.74) is 27.2. The van der Waals surface area contributed by atoms with Crippen molar-refractivity contribution in [1.29, 1.82) is 0 Å². The topological polar surface area (TPSA) is 3.24 Å². The average Bonchev–Trinajstić information content (AvgIpc) is 3.88. The van der Waals surface area contributed by atoms with Crippen molar-refractivity contribution >= 4 is 17.1 Å². The summed E-state index contributed by atoms with van der Waals surface area (Å²) in [4.78, 5) is 2.42. The van der Waals surface area contributed by atoms with Gasteiger partial charge in [-0.3, -0.25) is 0 Å². The molecular weight excluding hydrogens is 951 g/mol. The Kier molecular flexibility index (Phi) is 13.3. The first-order valence-corrected chi connectivity index (χ1v) is 27.8. The van der Waals surface area contributed by atoms with Crippen molar-refractivity contribution in [3.8, 4) is 77.9 Å². The van der Waals surface area contributed by atoms with Crippen LogP contribution < -0.4 is 4.90 Å². The average molecular weight is 1010 g/mol. The molecule has 0 aromatic heterocycles. The Morgan fingerprint density at radius 3 is 0.962 bits per heavy atom. The van der Waals surface area contributed by atoms with Gasteiger partial charge in [-0.2, -0.15) is 0 Å². The number of benzene rings is 12. The number of hydrogen-bond acceptors (Lipinski definition) is 1. The largest absolute Gasteiger partial charge is 0.310 e. The van der Waals surface area contributed by atoms with Gasteiger partial charge in [0.05, 0.1) is 0 Å². The van der Waals surface area contributed by atoms with Gasteiger partial charge in [-0.1, -0.05) is 281 Å². The zero-order valence-electron chi connectivity index (χ0n) is 44.8. The van der Waals surface area contributed by atoms with Gasteiger partial charge < -0.3 is 4.90 Å². The van der Waals surface area contributed by atoms with Gasteiger partial charge in [0, 0.05) is 28.4 Å². The molecular formula is C78H61N. The highest BCUT2D eigenvalue weighted by atomic mass is 15.1. The van der Waals surface area contributed by atoms with Crippen molar-refractivity contribution < 1.29 is 0 Å². The molecule has 0 saturated carbocycles. The lowest BCUT2D eigenvalue weighted by atomic mass is 9.81. The van der Waals surface area contributed by atoms with E-state index in [0.29, 0.717) is 0 Å². The number of anilines is 3. The number of hydrogen-bond donors (Lipinski definition) is 0. The van der Waals surface area contributed by atoms with Crippen LogP contribution in [0.4, 0.5) is 17.1 Å². The first kappa shape index (κ1) is 49.0. The minimum atomic E-state index is -0.206. The molecule has 0 radical (unpaired) electrons. The maximum absolute atomic E-state index is 2.51. The normalized spacial score (nSPS) is 12.6. The molecule has 0 aliphatic heterocycles. The molecule has 79 heavy (non-hydrogen) atoms. The summed E-state index contributed by atoms with van der Waals surface area (Å²) >= 11 is 0. The number of rotatable bonds is 14. The maximum Gasteiger partial charge on any atom is 0.0465 e. The van der Waals surface area contributed by atoms with Crippen LogP contribution in [0.1, 0.15) is 54.0 Å². The number of nitrogens with zero attached hydrogens (tertiary/aromatic N) is 1. The predicted octanol–water partition coefficient (Wildman–Crippen LogP) is 21.2. The summed E-state index contributed by atoms with van der Waals surface area (Å²) in [5.74, 6) is 0.270. The van der Waals surface area contributed by atoms with Gasteiger partial charge in [0.15, 0.2) is 0 Å². The van der Waals surface area contributed by atoms with Crippen LogP contribution in [0.25, 0.3) is 77.9 Å². The first-order chi connectivity index (χ1) is 38.9. The maximum atomic E-state index is 2.51. The van der Waals surface area contributed by atoms with Crippen LogP contribution in [0.15, 0.2) is 303 Å². The molecule has 12 aromatic carbocycles. The van der Waals surface area contributed by atoms with Crippen LogP contribution in [-0.4, -0.2) is 0 Å². The van der Waals surface area contributed by atoms with Gasteiger partial charge in [0.2, 0.25) is 0 Å². The third-order valence-corrected chi connectivity index (χ3v) is 16.4. The van der Waals surface area contributed by atoms with E-state index in [1.54, 1.807) is 0 Å². The van der Waals surface area contributed by atoms with Crippen molar-refractivity contribution in [2.45, 2.75) is 38.0 Å².